The number of hydrogen-bond acceptors (Lipinski definition) is 7. The molecule has 2 heterocycles. The second-order valence-electron chi connectivity index (χ2n) is 9.97. The zero-order valence-corrected chi connectivity index (χ0v) is 21.8. The first-order chi connectivity index (χ1) is 16.9. The Labute approximate surface area is 215 Å². The Kier molecular flexibility index (Phi) is 8.42. The highest BCUT2D eigenvalue weighted by molar-refractivity contribution is 7.13. The fraction of sp³-hybridized carbons (Fsp3) is 0.423. The second kappa shape index (κ2) is 11.1. The second-order valence-corrected chi connectivity index (χ2v) is 10.8. The average Bonchev–Trinajstić information content (AvgIpc) is 3.44. The number of rotatable bonds is 8. The fourth-order valence-corrected chi connectivity index (χ4v) is 4.89. The maximum atomic E-state index is 13.5. The Morgan fingerprint density at radius 2 is 1.97 bits per heavy atom. The first-order valence-electron chi connectivity index (χ1n) is 11.7. The summed E-state index contributed by atoms with van der Waals surface area (Å²) in [7, 11) is 0. The van der Waals surface area contributed by atoms with E-state index in [-0.39, 0.29) is 31.1 Å². The van der Waals surface area contributed by atoms with Crippen LogP contribution in [0.15, 0.2) is 42.4 Å². The molecule has 2 aromatic rings. The number of aromatic nitrogens is 1. The standard InChI is InChI=1S/C26H33N5O4S/c1-6-19(27)23(33)30-22(26(3,4)5)25(35)31-13-18(32)11-20(31)24(34)28-12-16-7-9-17(10-8-16)21-15(2)29-14-36-21/h6-10,14,18,20,22,27,32H,1,11-13H2,2-5H3,(H,28,34)(H,30,33)/t18-,20+,22-/m1/s1. The van der Waals surface area contributed by atoms with E-state index in [4.69, 9.17) is 5.41 Å². The lowest BCUT2D eigenvalue weighted by Gasteiger charge is -2.35. The van der Waals surface area contributed by atoms with Crippen molar-refractivity contribution >= 4 is 34.8 Å². The highest BCUT2D eigenvalue weighted by Crippen LogP contribution is 2.28. The summed E-state index contributed by atoms with van der Waals surface area (Å²) in [6.45, 7) is 11.0. The van der Waals surface area contributed by atoms with Gasteiger partial charge in [0.25, 0.3) is 5.91 Å². The molecule has 9 nitrogen and oxygen atoms in total. The van der Waals surface area contributed by atoms with Gasteiger partial charge in [-0.3, -0.25) is 19.8 Å². The third-order valence-electron chi connectivity index (χ3n) is 6.13. The van der Waals surface area contributed by atoms with Gasteiger partial charge < -0.3 is 20.6 Å². The smallest absolute Gasteiger partial charge is 0.269 e. The lowest BCUT2D eigenvalue weighted by Crippen LogP contribution is -2.58. The van der Waals surface area contributed by atoms with Crippen molar-refractivity contribution in [3.8, 4) is 10.4 Å². The van der Waals surface area contributed by atoms with Crippen LogP contribution in [-0.4, -0.2) is 63.2 Å². The van der Waals surface area contributed by atoms with E-state index in [9.17, 15) is 19.5 Å². The Hall–Kier alpha value is -3.37. The SMILES string of the molecule is C=CC(=N)C(=O)N[C@H](C(=O)N1C[C@H](O)C[C@H]1C(=O)NCc1ccc(-c2scnc2C)cc1)C(C)(C)C. The van der Waals surface area contributed by atoms with Crippen molar-refractivity contribution in [2.45, 2.75) is 58.8 Å². The summed E-state index contributed by atoms with van der Waals surface area (Å²) >= 11 is 1.57. The van der Waals surface area contributed by atoms with Crippen molar-refractivity contribution in [1.82, 2.24) is 20.5 Å². The summed E-state index contributed by atoms with van der Waals surface area (Å²) in [6.07, 6.45) is 0.351. The van der Waals surface area contributed by atoms with Gasteiger partial charge in [-0.1, -0.05) is 51.6 Å². The van der Waals surface area contributed by atoms with Crippen molar-refractivity contribution in [3.63, 3.8) is 0 Å². The fourth-order valence-electron chi connectivity index (χ4n) is 4.08. The van der Waals surface area contributed by atoms with E-state index in [2.05, 4.69) is 22.2 Å². The number of thiazole rings is 1. The lowest BCUT2D eigenvalue weighted by molar-refractivity contribution is -0.143. The number of β-amino-alcohol motifs (C(OH)–C–C–N with tert-alkyl or cyclic N) is 1. The van der Waals surface area contributed by atoms with Crippen LogP contribution in [0.2, 0.25) is 0 Å². The van der Waals surface area contributed by atoms with E-state index in [1.165, 1.54) is 4.90 Å². The van der Waals surface area contributed by atoms with E-state index in [1.54, 1.807) is 37.6 Å². The summed E-state index contributed by atoms with van der Waals surface area (Å²) in [6, 6.07) is 5.96. The van der Waals surface area contributed by atoms with Gasteiger partial charge in [0.1, 0.15) is 17.8 Å². The van der Waals surface area contributed by atoms with Crippen molar-refractivity contribution in [3.05, 3.63) is 53.7 Å². The Morgan fingerprint density at radius 1 is 1.31 bits per heavy atom. The van der Waals surface area contributed by atoms with Gasteiger partial charge in [-0.15, -0.1) is 11.3 Å². The number of aliphatic hydroxyl groups is 1. The predicted molar refractivity (Wildman–Crippen MR) is 140 cm³/mol. The minimum atomic E-state index is -0.992. The van der Waals surface area contributed by atoms with E-state index in [0.717, 1.165) is 27.8 Å². The summed E-state index contributed by atoms with van der Waals surface area (Å²) in [5.41, 5.74) is 3.68. The van der Waals surface area contributed by atoms with E-state index < -0.39 is 35.4 Å². The van der Waals surface area contributed by atoms with Crippen LogP contribution < -0.4 is 10.6 Å². The number of nitrogens with zero attached hydrogens (tertiary/aromatic N) is 2. The normalized spacial score (nSPS) is 18.4. The lowest BCUT2D eigenvalue weighted by atomic mass is 9.85. The van der Waals surface area contributed by atoms with Crippen LogP contribution in [0, 0.1) is 17.7 Å². The zero-order chi connectivity index (χ0) is 26.6. The summed E-state index contributed by atoms with van der Waals surface area (Å²) in [5, 5.41) is 23.4. The minimum Gasteiger partial charge on any atom is -0.391 e. The predicted octanol–water partition coefficient (Wildman–Crippen LogP) is 2.43. The van der Waals surface area contributed by atoms with Crippen LogP contribution in [0.1, 0.15) is 38.4 Å². The molecule has 36 heavy (non-hydrogen) atoms. The maximum absolute atomic E-state index is 13.5. The van der Waals surface area contributed by atoms with Crippen LogP contribution in [0.5, 0.6) is 0 Å². The third kappa shape index (κ3) is 6.24. The summed E-state index contributed by atoms with van der Waals surface area (Å²) < 4.78 is 0. The van der Waals surface area contributed by atoms with E-state index in [1.807, 2.05) is 31.2 Å². The summed E-state index contributed by atoms with van der Waals surface area (Å²) in [5.74, 6) is -1.58. The van der Waals surface area contributed by atoms with Gasteiger partial charge in [0.05, 0.1) is 22.2 Å². The largest absolute Gasteiger partial charge is 0.391 e. The molecule has 4 N–H and O–H groups in total. The van der Waals surface area contributed by atoms with Crippen LogP contribution in [0.3, 0.4) is 0 Å². The molecular weight excluding hydrogens is 478 g/mol. The monoisotopic (exact) mass is 511 g/mol. The number of likely N-dealkylation sites (tertiary alicyclic amines) is 1. The molecule has 0 saturated carbocycles. The van der Waals surface area contributed by atoms with Gasteiger partial charge in [0.2, 0.25) is 11.8 Å². The number of carbonyl (C=O) groups is 3. The molecule has 0 aliphatic carbocycles. The van der Waals surface area contributed by atoms with Crippen LogP contribution in [-0.2, 0) is 20.9 Å². The average molecular weight is 512 g/mol. The van der Waals surface area contributed by atoms with Crippen molar-refractivity contribution in [2.75, 3.05) is 6.54 Å². The maximum Gasteiger partial charge on any atom is 0.269 e. The Bertz CT molecular complexity index is 1150. The van der Waals surface area contributed by atoms with Gasteiger partial charge >= 0.3 is 0 Å². The molecule has 0 unspecified atom stereocenters. The molecule has 0 bridgehead atoms. The quantitative estimate of drug-likeness (QED) is 0.404. The molecule has 1 saturated heterocycles. The molecule has 1 aliphatic rings. The molecule has 1 aliphatic heterocycles. The number of carbonyl (C=O) groups excluding carboxylic acids is 3. The van der Waals surface area contributed by atoms with Gasteiger partial charge in [-0.05, 0) is 29.5 Å². The van der Waals surface area contributed by atoms with Crippen LogP contribution in [0.25, 0.3) is 10.4 Å². The number of benzene rings is 1. The minimum absolute atomic E-state index is 0.0127. The third-order valence-corrected chi connectivity index (χ3v) is 7.11. The molecular formula is C26H33N5O4S. The van der Waals surface area contributed by atoms with Gasteiger partial charge in [-0.25, -0.2) is 4.98 Å². The number of aryl methyl sites for hydroxylation is 1. The molecule has 1 aromatic carbocycles. The topological polar surface area (TPSA) is 135 Å². The van der Waals surface area contributed by atoms with Crippen molar-refractivity contribution in [1.29, 1.82) is 5.41 Å². The first-order valence-corrected chi connectivity index (χ1v) is 12.6. The number of hydrogen-bond donors (Lipinski definition) is 4. The molecule has 3 rings (SSSR count). The Morgan fingerprint density at radius 3 is 2.53 bits per heavy atom. The van der Waals surface area contributed by atoms with Crippen LogP contribution >= 0.6 is 11.3 Å². The molecule has 10 heteroatoms. The zero-order valence-electron chi connectivity index (χ0n) is 21.0. The Balaban J connectivity index is 1.69. The van der Waals surface area contributed by atoms with Crippen LogP contribution in [0.4, 0.5) is 0 Å². The molecule has 192 valence electrons. The van der Waals surface area contributed by atoms with Crippen molar-refractivity contribution < 1.29 is 19.5 Å². The molecule has 1 aromatic heterocycles. The highest BCUT2D eigenvalue weighted by Gasteiger charge is 2.44. The number of aliphatic hydroxyl groups excluding tert-OH is 1. The molecule has 0 radical (unpaired) electrons. The first kappa shape index (κ1) is 27.2. The van der Waals surface area contributed by atoms with E-state index in [0.29, 0.717) is 0 Å². The molecule has 3 amide bonds. The van der Waals surface area contributed by atoms with Gasteiger partial charge in [-0.2, -0.15) is 0 Å². The summed E-state index contributed by atoms with van der Waals surface area (Å²) in [4.78, 5) is 45.5. The van der Waals surface area contributed by atoms with Gasteiger partial charge in [0, 0.05) is 19.5 Å². The molecule has 3 atom stereocenters. The van der Waals surface area contributed by atoms with E-state index >= 15 is 0 Å². The number of amides is 3. The van der Waals surface area contributed by atoms with Crippen molar-refractivity contribution in [2.24, 2.45) is 5.41 Å². The highest BCUT2D eigenvalue weighted by atomic mass is 32.1. The molecule has 0 spiro atoms. The molecule has 1 fully saturated rings. The number of nitrogens with one attached hydrogen (secondary N) is 3. The van der Waals surface area contributed by atoms with Gasteiger partial charge in [0.15, 0.2) is 0 Å².